The van der Waals surface area contributed by atoms with E-state index in [0.717, 1.165) is 0 Å². The Hall–Kier alpha value is -1.58. The van der Waals surface area contributed by atoms with Gasteiger partial charge in [0.15, 0.2) is 17.7 Å². The number of ether oxygens (including phenoxy) is 1. The molecule has 0 saturated heterocycles. The van der Waals surface area contributed by atoms with Crippen molar-refractivity contribution in [2.45, 2.75) is 19.4 Å². The molecular weight excluding hydrogens is 185 g/mol. The third-order valence-electron chi connectivity index (χ3n) is 1.79. The van der Waals surface area contributed by atoms with E-state index in [1.807, 2.05) is 0 Å². The molecule has 1 atom stereocenters. The van der Waals surface area contributed by atoms with Crippen molar-refractivity contribution in [3.05, 3.63) is 30.1 Å². The predicted octanol–water partition coefficient (Wildman–Crippen LogP) is 1.47. The van der Waals surface area contributed by atoms with Gasteiger partial charge in [0.1, 0.15) is 0 Å². The molecule has 0 aliphatic carbocycles. The topological polar surface area (TPSA) is 52.3 Å². The molecule has 76 valence electrons. The smallest absolute Gasteiger partial charge is 0.258 e. The molecule has 1 amide bonds. The minimum absolute atomic E-state index is 0.0538. The maximum atomic E-state index is 13.1. The summed E-state index contributed by atoms with van der Waals surface area (Å²) in [5.41, 5.74) is 5.06. The number of halogens is 1. The number of hydrogen-bond acceptors (Lipinski definition) is 2. The van der Waals surface area contributed by atoms with Crippen LogP contribution in [0.3, 0.4) is 0 Å². The lowest BCUT2D eigenvalue weighted by molar-refractivity contribution is -0.124. The van der Waals surface area contributed by atoms with E-state index in [2.05, 4.69) is 0 Å². The van der Waals surface area contributed by atoms with Gasteiger partial charge >= 0.3 is 0 Å². The van der Waals surface area contributed by atoms with Crippen LogP contribution in [0.1, 0.15) is 13.3 Å². The number of benzene rings is 1. The zero-order chi connectivity index (χ0) is 10.6. The van der Waals surface area contributed by atoms with E-state index >= 15 is 0 Å². The summed E-state index contributed by atoms with van der Waals surface area (Å²) in [5.74, 6) is -1.03. The molecule has 3 nitrogen and oxygen atoms in total. The molecule has 0 fully saturated rings. The summed E-state index contributed by atoms with van der Waals surface area (Å²) in [5, 5.41) is 0. The third kappa shape index (κ3) is 2.45. The lowest BCUT2D eigenvalue weighted by Crippen LogP contribution is -2.33. The third-order valence-corrected chi connectivity index (χ3v) is 1.79. The Balaban J connectivity index is 2.77. The number of rotatable bonds is 4. The number of carbonyl (C=O) groups is 1. The second-order valence-corrected chi connectivity index (χ2v) is 2.85. The minimum Gasteiger partial charge on any atom is -0.478 e. The first-order valence-corrected chi connectivity index (χ1v) is 4.35. The number of nitrogens with two attached hydrogens (primary N) is 1. The Morgan fingerprint density at radius 1 is 1.57 bits per heavy atom. The summed E-state index contributed by atoms with van der Waals surface area (Å²) in [6.45, 7) is 1.75. The van der Waals surface area contributed by atoms with Crippen LogP contribution >= 0.6 is 0 Å². The molecule has 0 radical (unpaired) electrons. The molecule has 1 aromatic carbocycles. The highest BCUT2D eigenvalue weighted by molar-refractivity contribution is 5.79. The van der Waals surface area contributed by atoms with Crippen molar-refractivity contribution >= 4 is 5.91 Å². The van der Waals surface area contributed by atoms with Crippen molar-refractivity contribution in [3.63, 3.8) is 0 Å². The Kier molecular flexibility index (Phi) is 3.45. The molecule has 0 saturated carbocycles. The predicted molar refractivity (Wildman–Crippen MR) is 50.3 cm³/mol. The molecule has 0 unspecified atom stereocenters. The second kappa shape index (κ2) is 4.60. The van der Waals surface area contributed by atoms with Crippen LogP contribution in [0.15, 0.2) is 24.3 Å². The fourth-order valence-corrected chi connectivity index (χ4v) is 1.04. The number of primary amides is 1. The molecule has 0 aliphatic rings. The van der Waals surface area contributed by atoms with Crippen LogP contribution < -0.4 is 10.5 Å². The van der Waals surface area contributed by atoms with E-state index < -0.39 is 17.8 Å². The van der Waals surface area contributed by atoms with Crippen LogP contribution in [0.25, 0.3) is 0 Å². The fourth-order valence-electron chi connectivity index (χ4n) is 1.04. The molecule has 4 heteroatoms. The van der Waals surface area contributed by atoms with E-state index in [1.165, 1.54) is 12.1 Å². The summed E-state index contributed by atoms with van der Waals surface area (Å²) in [7, 11) is 0. The molecule has 0 aromatic heterocycles. The first-order valence-electron chi connectivity index (χ1n) is 4.35. The fraction of sp³-hybridized carbons (Fsp3) is 0.300. The lowest BCUT2D eigenvalue weighted by Gasteiger charge is -2.14. The van der Waals surface area contributed by atoms with Crippen LogP contribution in [0, 0.1) is 5.82 Å². The van der Waals surface area contributed by atoms with Crippen LogP contribution in [0.2, 0.25) is 0 Å². The van der Waals surface area contributed by atoms with Gasteiger partial charge in [0, 0.05) is 0 Å². The molecule has 1 aromatic rings. The number of para-hydroxylation sites is 1. The number of amides is 1. The van der Waals surface area contributed by atoms with Crippen LogP contribution in [-0.2, 0) is 4.79 Å². The molecule has 0 heterocycles. The zero-order valence-electron chi connectivity index (χ0n) is 7.87. The van der Waals surface area contributed by atoms with Gasteiger partial charge in [0.25, 0.3) is 5.91 Å². The lowest BCUT2D eigenvalue weighted by atomic mass is 10.2. The molecule has 14 heavy (non-hydrogen) atoms. The SMILES string of the molecule is CC[C@H](Oc1ccccc1F)C(N)=O. The van der Waals surface area contributed by atoms with Gasteiger partial charge in [-0.2, -0.15) is 0 Å². The summed E-state index contributed by atoms with van der Waals surface area (Å²) in [6, 6.07) is 5.91. The largest absolute Gasteiger partial charge is 0.478 e. The van der Waals surface area contributed by atoms with E-state index in [9.17, 15) is 9.18 Å². The summed E-state index contributed by atoms with van der Waals surface area (Å²) in [4.78, 5) is 10.8. The molecule has 0 aliphatic heterocycles. The standard InChI is InChI=1S/C10H12FNO2/c1-2-8(10(12)13)14-9-6-4-3-5-7(9)11/h3-6,8H,2H2,1H3,(H2,12,13)/t8-/m0/s1. The van der Waals surface area contributed by atoms with Crippen molar-refractivity contribution in [3.8, 4) is 5.75 Å². The Bertz CT molecular complexity index is 328. The number of carbonyl (C=O) groups excluding carboxylic acids is 1. The zero-order valence-corrected chi connectivity index (χ0v) is 7.87. The molecule has 0 spiro atoms. The van der Waals surface area contributed by atoms with E-state index in [4.69, 9.17) is 10.5 Å². The Morgan fingerprint density at radius 2 is 2.21 bits per heavy atom. The highest BCUT2D eigenvalue weighted by Gasteiger charge is 2.15. The monoisotopic (exact) mass is 197 g/mol. The summed E-state index contributed by atoms with van der Waals surface area (Å²) >= 11 is 0. The Labute approximate surface area is 81.7 Å². The summed E-state index contributed by atoms with van der Waals surface area (Å²) in [6.07, 6.45) is -0.351. The van der Waals surface area contributed by atoms with Gasteiger partial charge in [-0.1, -0.05) is 19.1 Å². The van der Waals surface area contributed by atoms with Crippen molar-refractivity contribution in [2.24, 2.45) is 5.73 Å². The van der Waals surface area contributed by atoms with E-state index in [0.29, 0.717) is 6.42 Å². The quantitative estimate of drug-likeness (QED) is 0.794. The van der Waals surface area contributed by atoms with Crippen LogP contribution in [-0.4, -0.2) is 12.0 Å². The van der Waals surface area contributed by atoms with Gasteiger partial charge in [-0.15, -0.1) is 0 Å². The van der Waals surface area contributed by atoms with Crippen molar-refractivity contribution in [2.75, 3.05) is 0 Å². The highest BCUT2D eigenvalue weighted by Crippen LogP contribution is 2.17. The van der Waals surface area contributed by atoms with Gasteiger partial charge in [0.2, 0.25) is 0 Å². The maximum absolute atomic E-state index is 13.1. The average molecular weight is 197 g/mol. The van der Waals surface area contributed by atoms with Gasteiger partial charge in [0.05, 0.1) is 0 Å². The molecular formula is C10H12FNO2. The van der Waals surface area contributed by atoms with E-state index in [-0.39, 0.29) is 5.75 Å². The van der Waals surface area contributed by atoms with Crippen LogP contribution in [0.5, 0.6) is 5.75 Å². The first kappa shape index (κ1) is 10.5. The normalized spacial score (nSPS) is 12.1. The van der Waals surface area contributed by atoms with Gasteiger partial charge in [-0.05, 0) is 18.6 Å². The minimum atomic E-state index is -0.771. The highest BCUT2D eigenvalue weighted by atomic mass is 19.1. The Morgan fingerprint density at radius 3 is 2.71 bits per heavy atom. The number of hydrogen-bond donors (Lipinski definition) is 1. The van der Waals surface area contributed by atoms with E-state index in [1.54, 1.807) is 19.1 Å². The maximum Gasteiger partial charge on any atom is 0.258 e. The molecule has 1 rings (SSSR count). The van der Waals surface area contributed by atoms with Crippen molar-refractivity contribution < 1.29 is 13.9 Å². The van der Waals surface area contributed by atoms with Gasteiger partial charge in [-0.3, -0.25) is 4.79 Å². The first-order chi connectivity index (χ1) is 6.65. The second-order valence-electron chi connectivity index (χ2n) is 2.85. The molecule has 2 N–H and O–H groups in total. The van der Waals surface area contributed by atoms with Gasteiger partial charge in [-0.25, -0.2) is 4.39 Å². The van der Waals surface area contributed by atoms with Crippen molar-refractivity contribution in [1.29, 1.82) is 0 Å². The van der Waals surface area contributed by atoms with Gasteiger partial charge < -0.3 is 10.5 Å². The van der Waals surface area contributed by atoms with Crippen LogP contribution in [0.4, 0.5) is 4.39 Å². The van der Waals surface area contributed by atoms with Crippen molar-refractivity contribution in [1.82, 2.24) is 0 Å². The average Bonchev–Trinajstić information content (AvgIpc) is 2.16. The summed E-state index contributed by atoms with van der Waals surface area (Å²) < 4.78 is 18.2. The molecule has 0 bridgehead atoms.